The fourth-order valence-corrected chi connectivity index (χ4v) is 3.13. The molecule has 3 amide bonds. The van der Waals surface area contributed by atoms with Gasteiger partial charge < -0.3 is 24.4 Å². The van der Waals surface area contributed by atoms with Crippen LogP contribution in [0.15, 0.2) is 42.5 Å². The lowest BCUT2D eigenvalue weighted by molar-refractivity contribution is -0.116. The predicted octanol–water partition coefficient (Wildman–Crippen LogP) is 2.30. The molecule has 1 N–H and O–H groups in total. The molecular weight excluding hydrogens is 350 g/mol. The van der Waals surface area contributed by atoms with Crippen molar-refractivity contribution >= 4 is 23.3 Å². The molecule has 0 aliphatic carbocycles. The first-order chi connectivity index (χ1) is 13.2. The Kier molecular flexibility index (Phi) is 4.45. The van der Waals surface area contributed by atoms with Crippen molar-refractivity contribution in [1.82, 2.24) is 4.90 Å². The van der Waals surface area contributed by atoms with Crippen molar-refractivity contribution in [3.05, 3.63) is 42.5 Å². The first-order valence-corrected chi connectivity index (χ1v) is 8.54. The molecule has 1 fully saturated rings. The number of nitrogens with one attached hydrogen (secondary N) is 1. The summed E-state index contributed by atoms with van der Waals surface area (Å²) in [5.74, 6) is 1.58. The Bertz CT molecular complexity index is 885. The number of carbonyl (C=O) groups excluding carboxylic acids is 2. The Balaban J connectivity index is 1.41. The standard InChI is InChI=1S/C19H19N3O5/c1-25-15-5-3-2-4-14(15)20-18(23)11-21-8-9-22(19(21)24)13-6-7-16-17(10-13)27-12-26-16/h2-7,10H,8-9,11-12H2,1H3,(H,20,23). The Morgan fingerprint density at radius 2 is 1.96 bits per heavy atom. The van der Waals surface area contributed by atoms with Crippen LogP contribution in [0.25, 0.3) is 0 Å². The molecular formula is C19H19N3O5. The fourth-order valence-electron chi connectivity index (χ4n) is 3.13. The minimum Gasteiger partial charge on any atom is -0.495 e. The van der Waals surface area contributed by atoms with Crippen LogP contribution in [0.2, 0.25) is 0 Å². The third-order valence-electron chi connectivity index (χ3n) is 4.48. The minimum atomic E-state index is -0.277. The van der Waals surface area contributed by atoms with E-state index < -0.39 is 0 Å². The predicted molar refractivity (Wildman–Crippen MR) is 98.5 cm³/mol. The van der Waals surface area contributed by atoms with E-state index in [9.17, 15) is 9.59 Å². The maximum absolute atomic E-state index is 12.7. The molecule has 8 heteroatoms. The van der Waals surface area contributed by atoms with Gasteiger partial charge in [0.15, 0.2) is 11.5 Å². The smallest absolute Gasteiger partial charge is 0.325 e. The van der Waals surface area contributed by atoms with Crippen LogP contribution in [0, 0.1) is 0 Å². The number of urea groups is 1. The fraction of sp³-hybridized carbons (Fsp3) is 0.263. The number of hydrogen-bond donors (Lipinski definition) is 1. The molecule has 140 valence electrons. The number of para-hydroxylation sites is 2. The molecule has 2 aromatic rings. The maximum atomic E-state index is 12.7. The minimum absolute atomic E-state index is 0.0298. The quantitative estimate of drug-likeness (QED) is 0.875. The summed E-state index contributed by atoms with van der Waals surface area (Å²) >= 11 is 0. The monoisotopic (exact) mass is 369 g/mol. The summed E-state index contributed by atoms with van der Waals surface area (Å²) in [6.45, 7) is 1.12. The lowest BCUT2D eigenvalue weighted by Crippen LogP contribution is -2.37. The number of rotatable bonds is 5. The number of hydrogen-bond acceptors (Lipinski definition) is 5. The molecule has 0 aromatic heterocycles. The molecule has 0 atom stereocenters. The van der Waals surface area contributed by atoms with E-state index in [0.717, 1.165) is 5.69 Å². The van der Waals surface area contributed by atoms with E-state index in [2.05, 4.69) is 5.32 Å². The maximum Gasteiger partial charge on any atom is 0.325 e. The van der Waals surface area contributed by atoms with Crippen LogP contribution in [0.3, 0.4) is 0 Å². The van der Waals surface area contributed by atoms with Gasteiger partial charge in [-0.1, -0.05) is 12.1 Å². The normalized spacial score (nSPS) is 15.2. The van der Waals surface area contributed by atoms with Crippen molar-refractivity contribution < 1.29 is 23.8 Å². The van der Waals surface area contributed by atoms with Gasteiger partial charge in [0, 0.05) is 24.8 Å². The largest absolute Gasteiger partial charge is 0.495 e. The van der Waals surface area contributed by atoms with Crippen LogP contribution in [-0.4, -0.2) is 50.4 Å². The Labute approximate surface area is 156 Å². The zero-order chi connectivity index (χ0) is 18.8. The van der Waals surface area contributed by atoms with E-state index in [1.807, 2.05) is 12.1 Å². The van der Waals surface area contributed by atoms with Gasteiger partial charge in [0.1, 0.15) is 12.3 Å². The van der Waals surface area contributed by atoms with Crippen LogP contribution in [0.5, 0.6) is 17.2 Å². The van der Waals surface area contributed by atoms with Gasteiger partial charge in [0.05, 0.1) is 12.8 Å². The zero-order valence-electron chi connectivity index (χ0n) is 14.8. The third kappa shape index (κ3) is 3.33. The number of carbonyl (C=O) groups is 2. The topological polar surface area (TPSA) is 80.3 Å². The summed E-state index contributed by atoms with van der Waals surface area (Å²) in [4.78, 5) is 28.2. The van der Waals surface area contributed by atoms with Crippen molar-refractivity contribution in [2.45, 2.75) is 0 Å². The Morgan fingerprint density at radius 1 is 1.15 bits per heavy atom. The van der Waals surface area contributed by atoms with Gasteiger partial charge in [-0.15, -0.1) is 0 Å². The summed E-state index contributed by atoms with van der Waals surface area (Å²) < 4.78 is 15.9. The van der Waals surface area contributed by atoms with Crippen LogP contribution in [0.1, 0.15) is 0 Å². The van der Waals surface area contributed by atoms with E-state index >= 15 is 0 Å². The molecule has 27 heavy (non-hydrogen) atoms. The number of methoxy groups -OCH3 is 1. The van der Waals surface area contributed by atoms with Gasteiger partial charge in [0.2, 0.25) is 12.7 Å². The molecule has 0 radical (unpaired) electrons. The molecule has 0 saturated carbocycles. The van der Waals surface area contributed by atoms with Crippen LogP contribution in [-0.2, 0) is 4.79 Å². The zero-order valence-corrected chi connectivity index (χ0v) is 14.8. The average Bonchev–Trinajstić information content (AvgIpc) is 3.28. The van der Waals surface area contributed by atoms with E-state index in [4.69, 9.17) is 14.2 Å². The summed E-state index contributed by atoms with van der Waals surface area (Å²) in [5.41, 5.74) is 1.29. The molecule has 8 nitrogen and oxygen atoms in total. The molecule has 1 saturated heterocycles. The van der Waals surface area contributed by atoms with Crippen LogP contribution in [0.4, 0.5) is 16.2 Å². The van der Waals surface area contributed by atoms with Gasteiger partial charge in [-0.3, -0.25) is 9.69 Å². The van der Waals surface area contributed by atoms with Crippen molar-refractivity contribution in [1.29, 1.82) is 0 Å². The second-order valence-corrected chi connectivity index (χ2v) is 6.14. The molecule has 2 aliphatic heterocycles. The lowest BCUT2D eigenvalue weighted by Gasteiger charge is -2.19. The summed E-state index contributed by atoms with van der Waals surface area (Å²) in [5, 5.41) is 2.78. The summed E-state index contributed by atoms with van der Waals surface area (Å²) in [7, 11) is 1.54. The van der Waals surface area contributed by atoms with E-state index in [1.54, 1.807) is 35.2 Å². The SMILES string of the molecule is COc1ccccc1NC(=O)CN1CCN(c2ccc3c(c2)OCO3)C1=O. The molecule has 2 aromatic carbocycles. The van der Waals surface area contributed by atoms with Gasteiger partial charge in [-0.2, -0.15) is 0 Å². The van der Waals surface area contributed by atoms with Gasteiger partial charge in [-0.25, -0.2) is 4.79 Å². The Hall–Kier alpha value is -3.42. The number of ether oxygens (including phenoxy) is 3. The number of anilines is 2. The number of nitrogens with zero attached hydrogens (tertiary/aromatic N) is 2. The average molecular weight is 369 g/mol. The molecule has 0 bridgehead atoms. The molecule has 0 spiro atoms. The molecule has 0 unspecified atom stereocenters. The first-order valence-electron chi connectivity index (χ1n) is 8.54. The van der Waals surface area contributed by atoms with Gasteiger partial charge >= 0.3 is 6.03 Å². The highest BCUT2D eigenvalue weighted by Crippen LogP contribution is 2.36. The first kappa shape index (κ1) is 17.0. The molecule has 2 heterocycles. The second-order valence-electron chi connectivity index (χ2n) is 6.14. The number of fused-ring (bicyclic) bond motifs is 1. The lowest BCUT2D eigenvalue weighted by atomic mass is 10.2. The van der Waals surface area contributed by atoms with Gasteiger partial charge in [0.25, 0.3) is 0 Å². The van der Waals surface area contributed by atoms with Crippen molar-refractivity contribution in [2.75, 3.05) is 43.8 Å². The Morgan fingerprint density at radius 3 is 2.81 bits per heavy atom. The third-order valence-corrected chi connectivity index (χ3v) is 4.48. The van der Waals surface area contributed by atoms with E-state index in [1.165, 1.54) is 12.0 Å². The number of benzene rings is 2. The second kappa shape index (κ2) is 7.06. The summed E-state index contributed by atoms with van der Waals surface area (Å²) in [6, 6.07) is 12.3. The molecule has 4 rings (SSSR count). The summed E-state index contributed by atoms with van der Waals surface area (Å²) in [6.07, 6.45) is 0. The highest BCUT2D eigenvalue weighted by molar-refractivity contribution is 6.00. The number of amides is 3. The van der Waals surface area contributed by atoms with Crippen molar-refractivity contribution in [2.24, 2.45) is 0 Å². The van der Waals surface area contributed by atoms with Gasteiger partial charge in [-0.05, 0) is 24.3 Å². The van der Waals surface area contributed by atoms with Crippen LogP contribution >= 0.6 is 0 Å². The van der Waals surface area contributed by atoms with E-state index in [-0.39, 0.29) is 25.3 Å². The van der Waals surface area contributed by atoms with E-state index in [0.29, 0.717) is 36.0 Å². The van der Waals surface area contributed by atoms with Crippen LogP contribution < -0.4 is 24.4 Å². The highest BCUT2D eigenvalue weighted by atomic mass is 16.7. The van der Waals surface area contributed by atoms with Crippen molar-refractivity contribution in [3.8, 4) is 17.2 Å². The molecule has 2 aliphatic rings. The highest BCUT2D eigenvalue weighted by Gasteiger charge is 2.31. The van der Waals surface area contributed by atoms with Crippen molar-refractivity contribution in [3.63, 3.8) is 0 Å².